The monoisotopic (exact) mass is 267 g/mol. The summed E-state index contributed by atoms with van der Waals surface area (Å²) in [7, 11) is 0. The first-order chi connectivity index (χ1) is 8.45. The van der Waals surface area contributed by atoms with Crippen LogP contribution in [0.15, 0.2) is 24.3 Å². The highest BCUT2D eigenvalue weighted by molar-refractivity contribution is 6.31. The number of rotatable bonds is 6. The van der Waals surface area contributed by atoms with Crippen molar-refractivity contribution in [1.29, 1.82) is 0 Å². The molecule has 0 spiro atoms. The summed E-state index contributed by atoms with van der Waals surface area (Å²) in [6.07, 6.45) is 0. The van der Waals surface area contributed by atoms with Gasteiger partial charge in [-0.2, -0.15) is 0 Å². The van der Waals surface area contributed by atoms with E-state index in [-0.39, 0.29) is 11.8 Å². The fourth-order valence-corrected chi connectivity index (χ4v) is 2.27. The van der Waals surface area contributed by atoms with Crippen molar-refractivity contribution in [2.24, 2.45) is 5.92 Å². The van der Waals surface area contributed by atoms with Crippen LogP contribution < -0.4 is 0 Å². The van der Waals surface area contributed by atoms with Gasteiger partial charge in [-0.3, -0.25) is 9.69 Å². The Hall–Kier alpha value is -0.860. The number of carbonyl (C=O) groups excluding carboxylic acids is 1. The Kier molecular flexibility index (Phi) is 5.83. The molecule has 0 amide bonds. The zero-order valence-corrected chi connectivity index (χ0v) is 12.4. The molecular formula is C15H22ClNO. The van der Waals surface area contributed by atoms with Gasteiger partial charge in [-0.1, -0.05) is 44.5 Å². The fraction of sp³-hybridized carbons (Fsp3) is 0.533. The summed E-state index contributed by atoms with van der Waals surface area (Å²) in [5.74, 6) is 0.694. The molecule has 1 atom stereocenters. The van der Waals surface area contributed by atoms with Crippen LogP contribution in [-0.4, -0.2) is 29.8 Å². The van der Waals surface area contributed by atoms with Gasteiger partial charge in [0.2, 0.25) is 0 Å². The lowest BCUT2D eigenvalue weighted by Crippen LogP contribution is -2.41. The molecular weight excluding hydrogens is 246 g/mol. The van der Waals surface area contributed by atoms with Gasteiger partial charge in [-0.05, 0) is 31.5 Å². The van der Waals surface area contributed by atoms with Crippen molar-refractivity contribution in [2.45, 2.75) is 33.7 Å². The minimum atomic E-state index is -0.101. The smallest absolute Gasteiger partial charge is 0.179 e. The van der Waals surface area contributed by atoms with Gasteiger partial charge in [0, 0.05) is 17.1 Å². The van der Waals surface area contributed by atoms with Crippen molar-refractivity contribution < 1.29 is 4.79 Å². The molecule has 100 valence electrons. The maximum absolute atomic E-state index is 12.4. The van der Waals surface area contributed by atoms with Crippen molar-refractivity contribution in [3.8, 4) is 0 Å². The number of halogens is 1. The second kappa shape index (κ2) is 6.91. The maximum atomic E-state index is 12.4. The number of hydrogen-bond donors (Lipinski definition) is 0. The molecule has 0 N–H and O–H groups in total. The number of likely N-dealkylation sites (N-methyl/N-ethyl adjacent to an activating group) is 1. The highest BCUT2D eigenvalue weighted by atomic mass is 35.5. The summed E-state index contributed by atoms with van der Waals surface area (Å²) in [5, 5.41) is 0.611. The molecule has 0 aliphatic carbocycles. The first kappa shape index (κ1) is 15.2. The van der Waals surface area contributed by atoms with Crippen LogP contribution in [0.2, 0.25) is 5.02 Å². The number of carbonyl (C=O) groups is 1. The second-order valence-corrected chi connectivity index (χ2v) is 5.47. The molecule has 1 unspecified atom stereocenters. The quantitative estimate of drug-likeness (QED) is 0.729. The molecule has 1 rings (SSSR count). The van der Waals surface area contributed by atoms with E-state index in [4.69, 9.17) is 11.6 Å². The molecule has 0 heterocycles. The predicted molar refractivity (Wildman–Crippen MR) is 77.3 cm³/mol. The van der Waals surface area contributed by atoms with Gasteiger partial charge in [-0.25, -0.2) is 0 Å². The fourth-order valence-electron chi connectivity index (χ4n) is 2.08. The van der Waals surface area contributed by atoms with E-state index in [9.17, 15) is 4.79 Å². The molecule has 2 nitrogen and oxygen atoms in total. The van der Waals surface area contributed by atoms with Crippen LogP contribution in [0.3, 0.4) is 0 Å². The van der Waals surface area contributed by atoms with E-state index in [1.807, 2.05) is 19.1 Å². The first-order valence-electron chi connectivity index (χ1n) is 6.49. The van der Waals surface area contributed by atoms with E-state index >= 15 is 0 Å². The highest BCUT2D eigenvalue weighted by Gasteiger charge is 2.21. The molecule has 0 aliphatic heterocycles. The lowest BCUT2D eigenvalue weighted by Gasteiger charge is -2.28. The molecule has 0 saturated heterocycles. The normalized spacial score (nSPS) is 13.1. The van der Waals surface area contributed by atoms with E-state index in [0.717, 1.165) is 13.1 Å². The average Bonchev–Trinajstić information content (AvgIpc) is 2.34. The Bertz CT molecular complexity index is 403. The van der Waals surface area contributed by atoms with Crippen LogP contribution in [0, 0.1) is 5.92 Å². The van der Waals surface area contributed by atoms with E-state index in [2.05, 4.69) is 25.7 Å². The Morgan fingerprint density at radius 2 is 2.00 bits per heavy atom. The van der Waals surface area contributed by atoms with Gasteiger partial charge in [0.25, 0.3) is 0 Å². The maximum Gasteiger partial charge on any atom is 0.179 e. The number of benzene rings is 1. The molecule has 1 aromatic rings. The SMILES string of the molecule is CCN(CC(C)C)C(C)C(=O)c1cccc(Cl)c1. The van der Waals surface area contributed by atoms with Crippen molar-refractivity contribution in [3.05, 3.63) is 34.9 Å². The molecule has 0 aliphatic rings. The number of nitrogens with zero attached hydrogens (tertiary/aromatic N) is 1. The number of ketones is 1. The molecule has 18 heavy (non-hydrogen) atoms. The Morgan fingerprint density at radius 3 is 2.50 bits per heavy atom. The van der Waals surface area contributed by atoms with Gasteiger partial charge in [0.05, 0.1) is 6.04 Å². The lowest BCUT2D eigenvalue weighted by molar-refractivity contribution is 0.0829. The average molecular weight is 268 g/mol. The van der Waals surface area contributed by atoms with Crippen molar-refractivity contribution >= 4 is 17.4 Å². The summed E-state index contributed by atoms with van der Waals surface area (Å²) in [6.45, 7) is 10.2. The highest BCUT2D eigenvalue weighted by Crippen LogP contribution is 2.15. The zero-order valence-electron chi connectivity index (χ0n) is 11.6. The molecule has 0 aromatic heterocycles. The van der Waals surface area contributed by atoms with Crippen molar-refractivity contribution in [1.82, 2.24) is 4.90 Å². The first-order valence-corrected chi connectivity index (χ1v) is 6.87. The second-order valence-electron chi connectivity index (χ2n) is 5.03. The Balaban J connectivity index is 2.82. The van der Waals surface area contributed by atoms with Gasteiger partial charge in [-0.15, -0.1) is 0 Å². The number of Topliss-reactive ketones (excluding diaryl/α,β-unsaturated/α-hetero) is 1. The topological polar surface area (TPSA) is 20.3 Å². The standard InChI is InChI=1S/C15H22ClNO/c1-5-17(10-11(2)3)12(4)15(18)13-7-6-8-14(16)9-13/h6-9,11-12H,5,10H2,1-4H3. The zero-order chi connectivity index (χ0) is 13.7. The summed E-state index contributed by atoms with van der Waals surface area (Å²) in [4.78, 5) is 14.6. The largest absolute Gasteiger partial charge is 0.294 e. The molecule has 3 heteroatoms. The van der Waals surface area contributed by atoms with Gasteiger partial charge < -0.3 is 0 Å². The van der Waals surface area contributed by atoms with Crippen LogP contribution in [-0.2, 0) is 0 Å². The van der Waals surface area contributed by atoms with E-state index in [0.29, 0.717) is 16.5 Å². The molecule has 0 radical (unpaired) electrons. The molecule has 1 aromatic carbocycles. The molecule has 0 saturated carbocycles. The third kappa shape index (κ3) is 4.11. The van der Waals surface area contributed by atoms with Gasteiger partial charge in [0.1, 0.15) is 0 Å². The van der Waals surface area contributed by atoms with E-state index in [1.54, 1.807) is 12.1 Å². The molecule has 0 bridgehead atoms. The minimum absolute atomic E-state index is 0.101. The summed E-state index contributed by atoms with van der Waals surface area (Å²) in [5.41, 5.74) is 0.692. The number of hydrogen-bond acceptors (Lipinski definition) is 2. The van der Waals surface area contributed by atoms with Crippen LogP contribution in [0.4, 0.5) is 0 Å². The Morgan fingerprint density at radius 1 is 1.33 bits per heavy atom. The van der Waals surface area contributed by atoms with Gasteiger partial charge in [0.15, 0.2) is 5.78 Å². The van der Waals surface area contributed by atoms with Crippen molar-refractivity contribution in [3.63, 3.8) is 0 Å². The molecule has 0 fully saturated rings. The van der Waals surface area contributed by atoms with Crippen LogP contribution in [0.1, 0.15) is 38.1 Å². The third-order valence-corrected chi connectivity index (χ3v) is 3.28. The van der Waals surface area contributed by atoms with Crippen LogP contribution in [0.25, 0.3) is 0 Å². The predicted octanol–water partition coefficient (Wildman–Crippen LogP) is 3.89. The lowest BCUT2D eigenvalue weighted by atomic mass is 10.0. The minimum Gasteiger partial charge on any atom is -0.294 e. The van der Waals surface area contributed by atoms with E-state index < -0.39 is 0 Å². The third-order valence-electron chi connectivity index (χ3n) is 3.04. The van der Waals surface area contributed by atoms with Crippen LogP contribution >= 0.6 is 11.6 Å². The van der Waals surface area contributed by atoms with Crippen molar-refractivity contribution in [2.75, 3.05) is 13.1 Å². The van der Waals surface area contributed by atoms with E-state index in [1.165, 1.54) is 0 Å². The summed E-state index contributed by atoms with van der Waals surface area (Å²) in [6, 6.07) is 7.07. The van der Waals surface area contributed by atoms with Crippen LogP contribution in [0.5, 0.6) is 0 Å². The Labute approximate surface area is 115 Å². The van der Waals surface area contributed by atoms with Gasteiger partial charge >= 0.3 is 0 Å². The summed E-state index contributed by atoms with van der Waals surface area (Å²) < 4.78 is 0. The summed E-state index contributed by atoms with van der Waals surface area (Å²) >= 11 is 5.93.